The number of esters is 1. The highest BCUT2D eigenvalue weighted by Gasteiger charge is 2.79. The summed E-state index contributed by atoms with van der Waals surface area (Å²) in [7, 11) is 0. The van der Waals surface area contributed by atoms with E-state index in [1.165, 1.54) is 11.1 Å². The van der Waals surface area contributed by atoms with Crippen LogP contribution in [0.25, 0.3) is 0 Å². The van der Waals surface area contributed by atoms with Crippen LogP contribution in [0.15, 0.2) is 60.7 Å². The van der Waals surface area contributed by atoms with Crippen molar-refractivity contribution in [2.75, 3.05) is 26.4 Å². The van der Waals surface area contributed by atoms with Crippen molar-refractivity contribution in [2.45, 2.75) is 72.2 Å². The normalized spacial score (nSPS) is 23.0. The summed E-state index contributed by atoms with van der Waals surface area (Å²) in [5, 5.41) is 0. The van der Waals surface area contributed by atoms with Crippen LogP contribution in [0.4, 0.5) is 0 Å². The first-order chi connectivity index (χ1) is 17.2. The maximum absolute atomic E-state index is 14.0. The number of hydrogen-bond donors (Lipinski definition) is 0. The van der Waals surface area contributed by atoms with E-state index in [1.54, 1.807) is 0 Å². The fourth-order valence-electron chi connectivity index (χ4n) is 6.32. The summed E-state index contributed by atoms with van der Waals surface area (Å²) >= 11 is 0. The molecule has 0 aromatic heterocycles. The van der Waals surface area contributed by atoms with Gasteiger partial charge in [0.25, 0.3) is 0 Å². The molecule has 0 spiro atoms. The van der Waals surface area contributed by atoms with Crippen LogP contribution in [-0.2, 0) is 32.1 Å². The second kappa shape index (κ2) is 11.0. The molecule has 0 bridgehead atoms. The zero-order chi connectivity index (χ0) is 25.8. The number of carbonyl (C=O) groups excluding carboxylic acids is 1. The van der Waals surface area contributed by atoms with Gasteiger partial charge in [-0.15, -0.1) is 0 Å². The van der Waals surface area contributed by atoms with Crippen molar-refractivity contribution < 1.29 is 19.0 Å². The van der Waals surface area contributed by atoms with Gasteiger partial charge in [-0.25, -0.2) is 0 Å². The Balaban J connectivity index is 1.67. The topological polar surface area (TPSA) is 48.0 Å². The molecule has 2 aromatic carbocycles. The third-order valence-electron chi connectivity index (χ3n) is 7.72. The first-order valence-electron chi connectivity index (χ1n) is 13.4. The monoisotopic (exact) mass is 493 g/mol. The standard InChI is InChI=1S/C31H43NO4/c1-6-34-22-30(23-35-7-2)21-31(18-26(30)31)27(28(33)36-29(3,4)5)32(19-24-14-10-8-11-15-24)20-25-16-12-9-13-17-25/h8-17,26-27H,6-7,18-23H2,1-5H3. The van der Waals surface area contributed by atoms with E-state index < -0.39 is 5.60 Å². The Kier molecular flexibility index (Phi) is 8.23. The first-order valence-corrected chi connectivity index (χ1v) is 13.4. The lowest BCUT2D eigenvalue weighted by molar-refractivity contribution is -0.175. The van der Waals surface area contributed by atoms with E-state index in [-0.39, 0.29) is 22.8 Å². The Morgan fingerprint density at radius 2 is 1.42 bits per heavy atom. The van der Waals surface area contributed by atoms with Gasteiger partial charge in [0, 0.05) is 37.1 Å². The summed E-state index contributed by atoms with van der Waals surface area (Å²) in [5.41, 5.74) is 1.74. The van der Waals surface area contributed by atoms with Crippen LogP contribution in [0.1, 0.15) is 58.6 Å². The van der Waals surface area contributed by atoms with Gasteiger partial charge in [-0.05, 0) is 64.5 Å². The molecule has 3 unspecified atom stereocenters. The quantitative estimate of drug-likeness (QED) is 0.327. The van der Waals surface area contributed by atoms with Crippen LogP contribution in [-0.4, -0.2) is 48.9 Å². The minimum atomic E-state index is -0.543. The largest absolute Gasteiger partial charge is 0.459 e. The Labute approximate surface area is 217 Å². The summed E-state index contributed by atoms with van der Waals surface area (Å²) in [6.07, 6.45) is 1.94. The molecule has 36 heavy (non-hydrogen) atoms. The van der Waals surface area contributed by atoms with Crippen LogP contribution in [0, 0.1) is 16.7 Å². The van der Waals surface area contributed by atoms with E-state index in [4.69, 9.17) is 14.2 Å². The van der Waals surface area contributed by atoms with Crippen LogP contribution >= 0.6 is 0 Å². The highest BCUT2D eigenvalue weighted by atomic mass is 16.6. The molecule has 0 aliphatic heterocycles. The van der Waals surface area contributed by atoms with Gasteiger partial charge in [-0.1, -0.05) is 60.7 Å². The maximum atomic E-state index is 14.0. The zero-order valence-corrected chi connectivity index (χ0v) is 22.7. The maximum Gasteiger partial charge on any atom is 0.324 e. The summed E-state index contributed by atoms with van der Waals surface area (Å²) < 4.78 is 18.0. The molecule has 4 rings (SSSR count). The summed E-state index contributed by atoms with van der Waals surface area (Å²) in [5.74, 6) is 0.285. The lowest BCUT2D eigenvalue weighted by Gasteiger charge is -2.51. The smallest absolute Gasteiger partial charge is 0.324 e. The van der Waals surface area contributed by atoms with Gasteiger partial charge in [-0.3, -0.25) is 9.69 Å². The fourth-order valence-corrected chi connectivity index (χ4v) is 6.32. The van der Waals surface area contributed by atoms with Crippen LogP contribution in [0.2, 0.25) is 0 Å². The average molecular weight is 494 g/mol. The number of carbonyl (C=O) groups is 1. The molecule has 0 saturated heterocycles. The molecule has 2 aliphatic carbocycles. The molecule has 5 heteroatoms. The second-order valence-electron chi connectivity index (χ2n) is 11.6. The van der Waals surface area contributed by atoms with E-state index in [9.17, 15) is 4.79 Å². The Morgan fingerprint density at radius 1 is 0.917 bits per heavy atom. The minimum Gasteiger partial charge on any atom is -0.459 e. The van der Waals surface area contributed by atoms with Crippen molar-refractivity contribution in [3.63, 3.8) is 0 Å². The van der Waals surface area contributed by atoms with Gasteiger partial charge >= 0.3 is 5.97 Å². The van der Waals surface area contributed by atoms with Crippen molar-refractivity contribution in [3.8, 4) is 0 Å². The molecule has 5 nitrogen and oxygen atoms in total. The van der Waals surface area contributed by atoms with E-state index in [2.05, 4.69) is 53.4 Å². The molecule has 3 atom stereocenters. The van der Waals surface area contributed by atoms with Crippen molar-refractivity contribution in [1.29, 1.82) is 0 Å². The summed E-state index contributed by atoms with van der Waals surface area (Å²) in [6, 6.07) is 20.6. The zero-order valence-electron chi connectivity index (χ0n) is 22.7. The third-order valence-corrected chi connectivity index (χ3v) is 7.72. The molecule has 0 radical (unpaired) electrons. The number of nitrogens with zero attached hydrogens (tertiary/aromatic N) is 1. The lowest BCUT2D eigenvalue weighted by atomic mass is 9.60. The average Bonchev–Trinajstić information content (AvgIpc) is 3.46. The number of fused-ring (bicyclic) bond motifs is 1. The van der Waals surface area contributed by atoms with E-state index >= 15 is 0 Å². The second-order valence-corrected chi connectivity index (χ2v) is 11.6. The number of hydrogen-bond acceptors (Lipinski definition) is 5. The molecule has 196 valence electrons. The predicted molar refractivity (Wildman–Crippen MR) is 142 cm³/mol. The van der Waals surface area contributed by atoms with Crippen molar-refractivity contribution in [3.05, 3.63) is 71.8 Å². The molecule has 2 aliphatic rings. The molecule has 2 fully saturated rings. The Bertz CT molecular complexity index is 937. The molecular formula is C31H43NO4. The molecular weight excluding hydrogens is 450 g/mol. The van der Waals surface area contributed by atoms with E-state index in [0.717, 1.165) is 12.8 Å². The molecule has 0 amide bonds. The van der Waals surface area contributed by atoms with Crippen LogP contribution in [0.5, 0.6) is 0 Å². The van der Waals surface area contributed by atoms with Crippen molar-refractivity contribution >= 4 is 5.97 Å². The highest BCUT2D eigenvalue weighted by Crippen LogP contribution is 2.79. The Hall–Kier alpha value is -2.21. The van der Waals surface area contributed by atoms with Gasteiger partial charge in [0.05, 0.1) is 13.2 Å². The van der Waals surface area contributed by atoms with Crippen LogP contribution < -0.4 is 0 Å². The summed E-state index contributed by atoms with van der Waals surface area (Å²) in [4.78, 5) is 16.3. The molecule has 2 saturated carbocycles. The summed E-state index contributed by atoms with van der Waals surface area (Å²) in [6.45, 7) is 14.1. The van der Waals surface area contributed by atoms with Crippen LogP contribution in [0.3, 0.4) is 0 Å². The molecule has 0 N–H and O–H groups in total. The number of benzene rings is 2. The predicted octanol–water partition coefficient (Wildman–Crippen LogP) is 5.87. The van der Waals surface area contributed by atoms with Crippen molar-refractivity contribution in [2.24, 2.45) is 16.7 Å². The van der Waals surface area contributed by atoms with Gasteiger partial charge in [-0.2, -0.15) is 0 Å². The van der Waals surface area contributed by atoms with Gasteiger partial charge in [0.2, 0.25) is 0 Å². The fraction of sp³-hybridized carbons (Fsp3) is 0.581. The SMILES string of the molecule is CCOCC1(COCC)CC2(C(C(=O)OC(C)(C)C)N(Cc3ccccc3)Cc3ccccc3)CC12. The highest BCUT2D eigenvalue weighted by molar-refractivity contribution is 5.79. The number of rotatable bonds is 13. The van der Waals surface area contributed by atoms with E-state index in [1.807, 2.05) is 46.8 Å². The lowest BCUT2D eigenvalue weighted by Crippen LogP contribution is -2.58. The Morgan fingerprint density at radius 3 is 1.83 bits per heavy atom. The van der Waals surface area contributed by atoms with E-state index in [0.29, 0.717) is 45.4 Å². The number of ether oxygens (including phenoxy) is 3. The van der Waals surface area contributed by atoms with Gasteiger partial charge in [0.1, 0.15) is 11.6 Å². The van der Waals surface area contributed by atoms with Gasteiger partial charge < -0.3 is 14.2 Å². The van der Waals surface area contributed by atoms with Gasteiger partial charge in [0.15, 0.2) is 0 Å². The third kappa shape index (κ3) is 5.85. The molecule has 2 aromatic rings. The molecule has 0 heterocycles. The minimum absolute atomic E-state index is 0.0164. The first kappa shape index (κ1) is 26.8. The van der Waals surface area contributed by atoms with Crippen molar-refractivity contribution in [1.82, 2.24) is 4.90 Å².